The van der Waals surface area contributed by atoms with Crippen LogP contribution in [-0.4, -0.2) is 20.4 Å². The van der Waals surface area contributed by atoms with E-state index in [-0.39, 0.29) is 38.0 Å². The van der Waals surface area contributed by atoms with Gasteiger partial charge in [0.25, 0.3) is 11.6 Å². The Labute approximate surface area is 184 Å². The van der Waals surface area contributed by atoms with E-state index in [1.807, 2.05) is 0 Å². The van der Waals surface area contributed by atoms with Crippen LogP contribution in [0.4, 0.5) is 11.4 Å². The number of nitro groups is 1. The van der Waals surface area contributed by atoms with Crippen molar-refractivity contribution in [2.45, 2.75) is 0 Å². The van der Waals surface area contributed by atoms with E-state index in [0.717, 1.165) is 0 Å². The maximum atomic E-state index is 13.0. The maximum absolute atomic E-state index is 13.0. The Morgan fingerprint density at radius 3 is 2.48 bits per heavy atom. The average molecular weight is 455 g/mol. The van der Waals surface area contributed by atoms with Gasteiger partial charge in [0, 0.05) is 24.5 Å². The van der Waals surface area contributed by atoms with Gasteiger partial charge in [0.05, 0.1) is 31.7 Å². The zero-order valence-corrected chi connectivity index (χ0v) is 17.1. The lowest BCUT2D eigenvalue weighted by molar-refractivity contribution is -0.384. The Morgan fingerprint density at radius 1 is 1.06 bits per heavy atom. The molecular weight excluding hydrogens is 443 g/mol. The molecule has 2 aromatic carbocycles. The zero-order valence-electron chi connectivity index (χ0n) is 15.6. The van der Waals surface area contributed by atoms with Crippen molar-refractivity contribution >= 4 is 51.5 Å². The van der Waals surface area contributed by atoms with E-state index in [1.165, 1.54) is 41.2 Å². The third-order valence-electron chi connectivity index (χ3n) is 4.53. The SMILES string of the molecule is O=C(Nc1c(Cl)cccc1Cl)c1cn(-c2cccc([N+](=O)[O-])c2)c2ncccc2c1=O. The van der Waals surface area contributed by atoms with Gasteiger partial charge in [-0.25, -0.2) is 4.98 Å². The quantitative estimate of drug-likeness (QED) is 0.350. The summed E-state index contributed by atoms with van der Waals surface area (Å²) >= 11 is 12.2. The van der Waals surface area contributed by atoms with Crippen LogP contribution in [0.15, 0.2) is 71.8 Å². The molecule has 0 aliphatic rings. The summed E-state index contributed by atoms with van der Waals surface area (Å²) in [5.41, 5.74) is -0.117. The number of non-ortho nitro benzene ring substituents is 1. The number of para-hydroxylation sites is 1. The van der Waals surface area contributed by atoms with E-state index in [4.69, 9.17) is 23.2 Å². The maximum Gasteiger partial charge on any atom is 0.271 e. The fourth-order valence-corrected chi connectivity index (χ4v) is 3.57. The molecule has 0 fully saturated rings. The van der Waals surface area contributed by atoms with Gasteiger partial charge in [0.1, 0.15) is 11.2 Å². The number of hydrogen-bond donors (Lipinski definition) is 1. The molecule has 0 bridgehead atoms. The van der Waals surface area contributed by atoms with Crippen molar-refractivity contribution in [3.05, 3.63) is 103 Å². The summed E-state index contributed by atoms with van der Waals surface area (Å²) in [6.45, 7) is 0. The Hall–Kier alpha value is -3.75. The first-order valence-electron chi connectivity index (χ1n) is 8.87. The van der Waals surface area contributed by atoms with Crippen LogP contribution in [0.5, 0.6) is 0 Å². The molecule has 154 valence electrons. The minimum absolute atomic E-state index is 0.144. The highest BCUT2D eigenvalue weighted by atomic mass is 35.5. The van der Waals surface area contributed by atoms with Crippen molar-refractivity contribution in [1.82, 2.24) is 9.55 Å². The predicted octanol–water partition coefficient (Wildman–Crippen LogP) is 4.85. The van der Waals surface area contributed by atoms with E-state index in [1.54, 1.807) is 30.3 Å². The van der Waals surface area contributed by atoms with Crippen molar-refractivity contribution in [3.8, 4) is 5.69 Å². The number of benzene rings is 2. The highest BCUT2D eigenvalue weighted by Crippen LogP contribution is 2.30. The number of fused-ring (bicyclic) bond motifs is 1. The van der Waals surface area contributed by atoms with Crippen LogP contribution in [0.2, 0.25) is 10.0 Å². The number of carbonyl (C=O) groups is 1. The summed E-state index contributed by atoms with van der Waals surface area (Å²) in [4.78, 5) is 40.8. The summed E-state index contributed by atoms with van der Waals surface area (Å²) in [6.07, 6.45) is 2.77. The molecule has 8 nitrogen and oxygen atoms in total. The molecule has 0 atom stereocenters. The molecular formula is C21H12Cl2N4O4. The van der Waals surface area contributed by atoms with Gasteiger partial charge in [-0.3, -0.25) is 19.7 Å². The Balaban J connectivity index is 1.90. The van der Waals surface area contributed by atoms with Crippen LogP contribution < -0.4 is 10.7 Å². The summed E-state index contributed by atoms with van der Waals surface area (Å²) in [7, 11) is 0. The van der Waals surface area contributed by atoms with Gasteiger partial charge in [0.2, 0.25) is 5.43 Å². The van der Waals surface area contributed by atoms with Crippen LogP contribution in [0.25, 0.3) is 16.7 Å². The highest BCUT2D eigenvalue weighted by Gasteiger charge is 2.19. The second-order valence-corrected chi connectivity index (χ2v) is 7.26. The number of rotatable bonds is 4. The number of halogens is 2. The third kappa shape index (κ3) is 3.86. The average Bonchev–Trinajstić information content (AvgIpc) is 2.77. The summed E-state index contributed by atoms with van der Waals surface area (Å²) in [5, 5.41) is 14.3. The van der Waals surface area contributed by atoms with Crippen LogP contribution in [-0.2, 0) is 0 Å². The van der Waals surface area contributed by atoms with Gasteiger partial charge >= 0.3 is 0 Å². The number of carbonyl (C=O) groups excluding carboxylic acids is 1. The fourth-order valence-electron chi connectivity index (χ4n) is 3.07. The van der Waals surface area contributed by atoms with E-state index < -0.39 is 16.3 Å². The Kier molecular flexibility index (Phi) is 5.41. The zero-order chi connectivity index (χ0) is 22.1. The molecule has 0 aliphatic carbocycles. The molecule has 2 aromatic heterocycles. The first-order valence-corrected chi connectivity index (χ1v) is 9.63. The molecule has 10 heteroatoms. The molecule has 0 saturated heterocycles. The van der Waals surface area contributed by atoms with Crippen molar-refractivity contribution in [2.75, 3.05) is 5.32 Å². The Bertz CT molecular complexity index is 1400. The van der Waals surface area contributed by atoms with Crippen molar-refractivity contribution in [1.29, 1.82) is 0 Å². The van der Waals surface area contributed by atoms with Gasteiger partial charge < -0.3 is 9.88 Å². The fraction of sp³-hybridized carbons (Fsp3) is 0. The number of nitro benzene ring substituents is 1. The van der Waals surface area contributed by atoms with Crippen LogP contribution in [0, 0.1) is 10.1 Å². The smallest absolute Gasteiger partial charge is 0.271 e. The van der Waals surface area contributed by atoms with E-state index in [9.17, 15) is 19.7 Å². The second-order valence-electron chi connectivity index (χ2n) is 6.44. The molecule has 0 saturated carbocycles. The van der Waals surface area contributed by atoms with Gasteiger partial charge in [-0.05, 0) is 30.3 Å². The summed E-state index contributed by atoms with van der Waals surface area (Å²) < 4.78 is 1.45. The third-order valence-corrected chi connectivity index (χ3v) is 5.16. The predicted molar refractivity (Wildman–Crippen MR) is 118 cm³/mol. The molecule has 2 heterocycles. The van der Waals surface area contributed by atoms with Crippen LogP contribution in [0.1, 0.15) is 10.4 Å². The first kappa shape index (κ1) is 20.5. The number of pyridine rings is 2. The van der Waals surface area contributed by atoms with E-state index in [0.29, 0.717) is 5.69 Å². The number of aromatic nitrogens is 2. The summed E-state index contributed by atoms with van der Waals surface area (Å²) in [5.74, 6) is -0.732. The molecule has 4 aromatic rings. The molecule has 1 amide bonds. The van der Waals surface area contributed by atoms with Crippen molar-refractivity contribution in [3.63, 3.8) is 0 Å². The molecule has 4 rings (SSSR count). The van der Waals surface area contributed by atoms with Crippen LogP contribution in [0.3, 0.4) is 0 Å². The van der Waals surface area contributed by atoms with E-state index in [2.05, 4.69) is 10.3 Å². The minimum Gasteiger partial charge on any atom is -0.319 e. The number of amides is 1. The monoisotopic (exact) mass is 454 g/mol. The number of nitrogens with one attached hydrogen (secondary N) is 1. The largest absolute Gasteiger partial charge is 0.319 e. The number of nitrogens with zero attached hydrogens (tertiary/aromatic N) is 3. The van der Waals surface area contributed by atoms with Crippen LogP contribution >= 0.6 is 23.2 Å². The minimum atomic E-state index is -0.732. The molecule has 0 spiro atoms. The molecule has 31 heavy (non-hydrogen) atoms. The first-order chi connectivity index (χ1) is 14.9. The van der Waals surface area contributed by atoms with Crippen molar-refractivity contribution < 1.29 is 9.72 Å². The normalized spacial score (nSPS) is 10.8. The number of anilines is 1. The molecule has 0 aliphatic heterocycles. The van der Waals surface area contributed by atoms with Gasteiger partial charge in [-0.2, -0.15) is 0 Å². The second kappa shape index (κ2) is 8.17. The standard InChI is InChI=1S/C21H12Cl2N4O4/c22-16-7-2-8-17(23)18(16)25-21(29)15-11-26(12-4-1-5-13(10-12)27(30)31)20-14(19(15)28)6-3-9-24-20/h1-11H,(H,25,29). The lowest BCUT2D eigenvalue weighted by Crippen LogP contribution is -2.24. The Morgan fingerprint density at radius 2 is 1.77 bits per heavy atom. The van der Waals surface area contributed by atoms with Gasteiger partial charge in [0.15, 0.2) is 0 Å². The van der Waals surface area contributed by atoms with E-state index >= 15 is 0 Å². The van der Waals surface area contributed by atoms with Gasteiger partial charge in [-0.15, -0.1) is 0 Å². The topological polar surface area (TPSA) is 107 Å². The van der Waals surface area contributed by atoms with Crippen molar-refractivity contribution in [2.24, 2.45) is 0 Å². The number of hydrogen-bond acceptors (Lipinski definition) is 5. The lowest BCUT2D eigenvalue weighted by Gasteiger charge is -2.13. The molecule has 0 unspecified atom stereocenters. The summed E-state index contributed by atoms with van der Waals surface area (Å²) in [6, 6.07) is 13.6. The molecule has 1 N–H and O–H groups in total. The highest BCUT2D eigenvalue weighted by molar-refractivity contribution is 6.40. The van der Waals surface area contributed by atoms with Gasteiger partial charge in [-0.1, -0.05) is 35.3 Å². The lowest BCUT2D eigenvalue weighted by atomic mass is 10.1. The molecule has 0 radical (unpaired) electrons.